The monoisotopic (exact) mass is 253 g/mol. The molecule has 18 heavy (non-hydrogen) atoms. The highest BCUT2D eigenvalue weighted by Gasteiger charge is 2.32. The molecule has 1 atom stereocenters. The van der Waals surface area contributed by atoms with Crippen LogP contribution in [-0.4, -0.2) is 61.7 Å². The van der Waals surface area contributed by atoms with Crippen molar-refractivity contribution >= 4 is 0 Å². The first kappa shape index (κ1) is 14.3. The van der Waals surface area contributed by atoms with Crippen LogP contribution < -0.4 is 5.32 Å². The number of hydrogen-bond donors (Lipinski definition) is 1. The van der Waals surface area contributed by atoms with Crippen molar-refractivity contribution in [2.24, 2.45) is 5.41 Å². The largest absolute Gasteiger partial charge is 0.316 e. The van der Waals surface area contributed by atoms with E-state index in [0.717, 1.165) is 6.04 Å². The Morgan fingerprint density at radius 3 is 2.50 bits per heavy atom. The maximum absolute atomic E-state index is 3.51. The van der Waals surface area contributed by atoms with Crippen molar-refractivity contribution < 1.29 is 0 Å². The number of likely N-dealkylation sites (tertiary alicyclic amines) is 1. The summed E-state index contributed by atoms with van der Waals surface area (Å²) in [6.07, 6.45) is 4.03. The fraction of sp³-hybridized carbons (Fsp3) is 1.00. The summed E-state index contributed by atoms with van der Waals surface area (Å²) in [5, 5.41) is 3.51. The molecule has 0 aromatic heterocycles. The lowest BCUT2D eigenvalue weighted by molar-refractivity contribution is 0.0841. The van der Waals surface area contributed by atoms with Crippen LogP contribution in [0.4, 0.5) is 0 Å². The third-order valence-corrected chi connectivity index (χ3v) is 4.94. The summed E-state index contributed by atoms with van der Waals surface area (Å²) in [6.45, 7) is 13.3. The topological polar surface area (TPSA) is 18.5 Å². The Balaban J connectivity index is 1.78. The Kier molecular flexibility index (Phi) is 4.68. The molecule has 1 N–H and O–H groups in total. The van der Waals surface area contributed by atoms with Gasteiger partial charge in [-0.15, -0.1) is 0 Å². The van der Waals surface area contributed by atoms with Gasteiger partial charge in [0.25, 0.3) is 0 Å². The third-order valence-electron chi connectivity index (χ3n) is 4.94. The highest BCUT2D eigenvalue weighted by molar-refractivity contribution is 4.89. The van der Waals surface area contributed by atoms with Gasteiger partial charge in [-0.25, -0.2) is 0 Å². The molecule has 2 heterocycles. The van der Waals surface area contributed by atoms with Crippen molar-refractivity contribution in [3.05, 3.63) is 0 Å². The summed E-state index contributed by atoms with van der Waals surface area (Å²) >= 11 is 0. The first-order valence-corrected chi connectivity index (χ1v) is 7.65. The van der Waals surface area contributed by atoms with E-state index in [9.17, 15) is 0 Å². The minimum absolute atomic E-state index is 0.504. The van der Waals surface area contributed by atoms with E-state index in [1.54, 1.807) is 0 Å². The van der Waals surface area contributed by atoms with Crippen molar-refractivity contribution in [2.45, 2.75) is 52.1 Å². The molecule has 1 unspecified atom stereocenters. The number of nitrogens with one attached hydrogen (secondary N) is 1. The van der Waals surface area contributed by atoms with E-state index >= 15 is 0 Å². The predicted octanol–water partition coefficient (Wildman–Crippen LogP) is 1.79. The summed E-state index contributed by atoms with van der Waals surface area (Å²) in [5.41, 5.74) is 0.504. The molecule has 2 saturated heterocycles. The molecule has 0 spiro atoms. The number of rotatable bonds is 4. The van der Waals surface area contributed by atoms with Gasteiger partial charge in [0.15, 0.2) is 0 Å². The Morgan fingerprint density at radius 1 is 1.33 bits per heavy atom. The van der Waals surface area contributed by atoms with E-state index in [0.29, 0.717) is 11.5 Å². The first-order valence-electron chi connectivity index (χ1n) is 7.65. The molecule has 0 amide bonds. The average molecular weight is 253 g/mol. The van der Waals surface area contributed by atoms with E-state index < -0.39 is 0 Å². The van der Waals surface area contributed by atoms with Gasteiger partial charge in [-0.2, -0.15) is 0 Å². The van der Waals surface area contributed by atoms with Crippen molar-refractivity contribution in [1.29, 1.82) is 0 Å². The fourth-order valence-electron chi connectivity index (χ4n) is 3.58. The minimum Gasteiger partial charge on any atom is -0.316 e. The summed E-state index contributed by atoms with van der Waals surface area (Å²) in [6, 6.07) is 1.52. The van der Waals surface area contributed by atoms with Gasteiger partial charge in [0, 0.05) is 25.2 Å². The van der Waals surface area contributed by atoms with E-state index in [1.807, 2.05) is 0 Å². The molecule has 0 aromatic rings. The van der Waals surface area contributed by atoms with E-state index in [-0.39, 0.29) is 0 Å². The van der Waals surface area contributed by atoms with Crippen molar-refractivity contribution in [1.82, 2.24) is 15.1 Å². The van der Waals surface area contributed by atoms with E-state index in [4.69, 9.17) is 0 Å². The van der Waals surface area contributed by atoms with Gasteiger partial charge in [-0.1, -0.05) is 6.92 Å². The van der Waals surface area contributed by atoms with Crippen LogP contribution in [0.25, 0.3) is 0 Å². The summed E-state index contributed by atoms with van der Waals surface area (Å²) in [5.74, 6) is 0. The minimum atomic E-state index is 0.504. The van der Waals surface area contributed by atoms with Crippen LogP contribution in [0.15, 0.2) is 0 Å². The number of hydrogen-bond acceptors (Lipinski definition) is 3. The van der Waals surface area contributed by atoms with Crippen LogP contribution in [-0.2, 0) is 0 Å². The highest BCUT2D eigenvalue weighted by Crippen LogP contribution is 2.27. The maximum atomic E-state index is 3.51. The van der Waals surface area contributed by atoms with Gasteiger partial charge in [0.2, 0.25) is 0 Å². The van der Waals surface area contributed by atoms with Crippen LogP contribution in [0, 0.1) is 5.41 Å². The lowest BCUT2D eigenvalue weighted by Gasteiger charge is -2.41. The molecule has 0 saturated carbocycles. The zero-order chi connectivity index (χ0) is 13.2. The summed E-state index contributed by atoms with van der Waals surface area (Å²) in [4.78, 5) is 5.24. The van der Waals surface area contributed by atoms with Gasteiger partial charge in [-0.3, -0.25) is 0 Å². The van der Waals surface area contributed by atoms with Crippen molar-refractivity contribution in [3.8, 4) is 0 Å². The van der Waals surface area contributed by atoms with Crippen molar-refractivity contribution in [3.63, 3.8) is 0 Å². The summed E-state index contributed by atoms with van der Waals surface area (Å²) < 4.78 is 0. The van der Waals surface area contributed by atoms with E-state index in [2.05, 4.69) is 42.9 Å². The predicted molar refractivity (Wildman–Crippen MR) is 78.0 cm³/mol. The molecular formula is C15H31N3. The first-order chi connectivity index (χ1) is 8.50. The van der Waals surface area contributed by atoms with E-state index in [1.165, 1.54) is 52.0 Å². The molecule has 0 radical (unpaired) electrons. The average Bonchev–Trinajstić information content (AvgIpc) is 2.76. The maximum Gasteiger partial charge on any atom is 0.0117 e. The SMILES string of the molecule is CC(C)N1CCC(N(C)CC2(C)CCNC2)CC1. The van der Waals surface area contributed by atoms with Gasteiger partial charge in [0.05, 0.1) is 0 Å². The van der Waals surface area contributed by atoms with Crippen LogP contribution in [0.5, 0.6) is 0 Å². The Labute approximate surface area is 113 Å². The second-order valence-corrected chi connectivity index (χ2v) is 7.01. The molecule has 106 valence electrons. The van der Waals surface area contributed by atoms with Crippen LogP contribution in [0.2, 0.25) is 0 Å². The van der Waals surface area contributed by atoms with Crippen LogP contribution in [0.3, 0.4) is 0 Å². The molecule has 0 aliphatic carbocycles. The third kappa shape index (κ3) is 3.46. The normalized spacial score (nSPS) is 31.7. The smallest absolute Gasteiger partial charge is 0.0117 e. The molecule has 2 fully saturated rings. The molecule has 3 nitrogen and oxygen atoms in total. The lowest BCUT2D eigenvalue weighted by atomic mass is 9.88. The molecular weight excluding hydrogens is 222 g/mol. The van der Waals surface area contributed by atoms with Crippen LogP contribution in [0.1, 0.15) is 40.0 Å². The molecule has 3 heteroatoms. The molecule has 0 bridgehead atoms. The van der Waals surface area contributed by atoms with Gasteiger partial charge in [-0.05, 0) is 65.2 Å². The zero-order valence-electron chi connectivity index (χ0n) is 12.7. The lowest BCUT2D eigenvalue weighted by Crippen LogP contribution is -2.48. The van der Waals surface area contributed by atoms with Crippen molar-refractivity contribution in [2.75, 3.05) is 39.8 Å². The number of piperidine rings is 1. The second-order valence-electron chi connectivity index (χ2n) is 7.01. The second kappa shape index (κ2) is 5.89. The zero-order valence-corrected chi connectivity index (χ0v) is 12.7. The van der Waals surface area contributed by atoms with Gasteiger partial charge >= 0.3 is 0 Å². The molecule has 0 aromatic carbocycles. The number of nitrogens with zero attached hydrogens (tertiary/aromatic N) is 2. The molecule has 2 aliphatic heterocycles. The summed E-state index contributed by atoms with van der Waals surface area (Å²) in [7, 11) is 2.33. The Morgan fingerprint density at radius 2 is 2.00 bits per heavy atom. The quantitative estimate of drug-likeness (QED) is 0.824. The Bertz CT molecular complexity index is 250. The molecule has 2 rings (SSSR count). The van der Waals surface area contributed by atoms with Gasteiger partial charge in [0.1, 0.15) is 0 Å². The van der Waals surface area contributed by atoms with Crippen LogP contribution >= 0.6 is 0 Å². The highest BCUT2D eigenvalue weighted by atomic mass is 15.2. The molecule has 2 aliphatic rings. The fourth-order valence-corrected chi connectivity index (χ4v) is 3.58. The standard InChI is InChI=1S/C15H31N3/c1-13(2)18-9-5-14(6-10-18)17(4)12-15(3)7-8-16-11-15/h13-14,16H,5-12H2,1-4H3. The van der Waals surface area contributed by atoms with Gasteiger partial charge < -0.3 is 15.1 Å². The Hall–Kier alpha value is -0.120.